The second-order valence-electron chi connectivity index (χ2n) is 2.43. The number of carboxylic acid groups (broad SMARTS) is 1. The molecule has 0 bridgehead atoms. The Kier molecular flexibility index (Phi) is 3.52. The first-order valence-electron chi connectivity index (χ1n) is 3.50. The molecule has 0 spiro atoms. The van der Waals surface area contributed by atoms with E-state index >= 15 is 0 Å². The molecular formula is C7H5IO6S. The number of hydrogen-bond acceptors (Lipinski definition) is 4. The van der Waals surface area contributed by atoms with Crippen molar-refractivity contribution >= 4 is 39.0 Å². The number of carbonyl (C=O) groups is 1. The number of carboxylic acids is 1. The molecule has 0 aliphatic carbocycles. The Hall–Kier alpha value is -0.870. The maximum absolute atomic E-state index is 10.7. The predicted octanol–water partition coefficient (Wildman–Crippen LogP) is 1.17. The van der Waals surface area contributed by atoms with E-state index in [9.17, 15) is 13.2 Å². The van der Waals surface area contributed by atoms with Crippen molar-refractivity contribution in [3.8, 4) is 5.75 Å². The average molecular weight is 344 g/mol. The van der Waals surface area contributed by atoms with Gasteiger partial charge in [-0.25, -0.2) is 4.79 Å². The van der Waals surface area contributed by atoms with E-state index in [-0.39, 0.29) is 9.13 Å². The van der Waals surface area contributed by atoms with Gasteiger partial charge in [0.1, 0.15) is 5.56 Å². The third kappa shape index (κ3) is 3.32. The van der Waals surface area contributed by atoms with Crippen molar-refractivity contribution in [3.63, 3.8) is 0 Å². The lowest BCUT2D eigenvalue weighted by Gasteiger charge is -2.06. The first kappa shape index (κ1) is 12.2. The third-order valence-electron chi connectivity index (χ3n) is 1.39. The number of aromatic carboxylic acids is 1. The fourth-order valence-electron chi connectivity index (χ4n) is 0.867. The molecule has 0 unspecified atom stereocenters. The van der Waals surface area contributed by atoms with Crippen LogP contribution in [0.25, 0.3) is 0 Å². The van der Waals surface area contributed by atoms with E-state index in [0.717, 1.165) is 0 Å². The Bertz CT molecular complexity index is 494. The van der Waals surface area contributed by atoms with Crippen molar-refractivity contribution in [2.24, 2.45) is 0 Å². The lowest BCUT2D eigenvalue weighted by Crippen LogP contribution is -2.11. The summed E-state index contributed by atoms with van der Waals surface area (Å²) in [6.45, 7) is 0. The van der Waals surface area contributed by atoms with Crippen LogP contribution >= 0.6 is 22.6 Å². The molecule has 82 valence electrons. The van der Waals surface area contributed by atoms with E-state index in [1.165, 1.54) is 18.2 Å². The summed E-state index contributed by atoms with van der Waals surface area (Å²) in [7, 11) is -4.72. The van der Waals surface area contributed by atoms with Crippen LogP contribution in [0.2, 0.25) is 0 Å². The highest BCUT2D eigenvalue weighted by molar-refractivity contribution is 14.1. The molecule has 0 saturated carbocycles. The van der Waals surface area contributed by atoms with Crippen molar-refractivity contribution in [2.75, 3.05) is 0 Å². The minimum Gasteiger partial charge on any atom is -0.478 e. The Morgan fingerprint density at radius 1 is 1.40 bits per heavy atom. The molecule has 0 aliphatic rings. The lowest BCUT2D eigenvalue weighted by molar-refractivity contribution is 0.0695. The van der Waals surface area contributed by atoms with Crippen LogP contribution in [0.1, 0.15) is 10.4 Å². The van der Waals surface area contributed by atoms with Gasteiger partial charge in [-0.15, -0.1) is 0 Å². The summed E-state index contributed by atoms with van der Waals surface area (Å²) in [5.74, 6) is -1.74. The number of hydrogen-bond donors (Lipinski definition) is 2. The summed E-state index contributed by atoms with van der Waals surface area (Å²) in [4.78, 5) is 10.7. The zero-order chi connectivity index (χ0) is 11.6. The Balaban J connectivity index is 3.32. The van der Waals surface area contributed by atoms with E-state index < -0.39 is 22.1 Å². The van der Waals surface area contributed by atoms with Gasteiger partial charge in [0.25, 0.3) is 0 Å². The monoisotopic (exact) mass is 344 g/mol. The van der Waals surface area contributed by atoms with Crippen molar-refractivity contribution in [1.29, 1.82) is 0 Å². The maximum Gasteiger partial charge on any atom is 0.446 e. The van der Waals surface area contributed by atoms with Gasteiger partial charge in [0.2, 0.25) is 0 Å². The lowest BCUT2D eigenvalue weighted by atomic mass is 10.2. The first-order chi connectivity index (χ1) is 6.81. The molecule has 0 heterocycles. The van der Waals surface area contributed by atoms with Crippen LogP contribution in [0.5, 0.6) is 5.75 Å². The van der Waals surface area contributed by atoms with Crippen LogP contribution in [0.15, 0.2) is 18.2 Å². The van der Waals surface area contributed by atoms with Crippen LogP contribution in [0.4, 0.5) is 0 Å². The molecule has 0 fully saturated rings. The minimum atomic E-state index is -4.72. The molecular weight excluding hydrogens is 339 g/mol. The fourth-order valence-corrected chi connectivity index (χ4v) is 2.02. The SMILES string of the molecule is O=C(O)c1cccc(I)c1OS(=O)(=O)O. The average Bonchev–Trinajstić information content (AvgIpc) is 2.05. The minimum absolute atomic E-state index is 0.269. The first-order valence-corrected chi connectivity index (χ1v) is 5.94. The van der Waals surface area contributed by atoms with Crippen LogP contribution in [0, 0.1) is 3.57 Å². The van der Waals surface area contributed by atoms with Crippen molar-refractivity contribution in [2.45, 2.75) is 0 Å². The molecule has 6 nitrogen and oxygen atoms in total. The normalized spacial score (nSPS) is 11.1. The van der Waals surface area contributed by atoms with Gasteiger partial charge in [0.05, 0.1) is 3.57 Å². The van der Waals surface area contributed by atoms with Crippen molar-refractivity contribution in [3.05, 3.63) is 27.3 Å². The molecule has 0 atom stereocenters. The van der Waals surface area contributed by atoms with E-state index in [0.29, 0.717) is 0 Å². The quantitative estimate of drug-likeness (QED) is 0.631. The summed E-state index contributed by atoms with van der Waals surface area (Å²) in [6, 6.07) is 4.06. The number of benzene rings is 1. The second kappa shape index (κ2) is 4.33. The highest BCUT2D eigenvalue weighted by Gasteiger charge is 2.19. The molecule has 0 radical (unpaired) electrons. The molecule has 2 N–H and O–H groups in total. The van der Waals surface area contributed by atoms with Crippen molar-refractivity contribution in [1.82, 2.24) is 0 Å². The summed E-state index contributed by atoms with van der Waals surface area (Å²) in [5.41, 5.74) is -0.334. The molecule has 15 heavy (non-hydrogen) atoms. The van der Waals surface area contributed by atoms with Crippen LogP contribution < -0.4 is 4.18 Å². The highest BCUT2D eigenvalue weighted by Crippen LogP contribution is 2.26. The van der Waals surface area contributed by atoms with E-state index in [4.69, 9.17) is 9.66 Å². The molecule has 0 aromatic heterocycles. The van der Waals surface area contributed by atoms with Gasteiger partial charge >= 0.3 is 16.4 Å². The second-order valence-corrected chi connectivity index (χ2v) is 4.62. The maximum atomic E-state index is 10.7. The summed E-state index contributed by atoms with van der Waals surface area (Å²) in [5, 5.41) is 8.73. The molecule has 0 aliphatic heterocycles. The van der Waals surface area contributed by atoms with Gasteiger partial charge < -0.3 is 9.29 Å². The summed E-state index contributed by atoms with van der Waals surface area (Å²) < 4.78 is 33.8. The smallest absolute Gasteiger partial charge is 0.446 e. The van der Waals surface area contributed by atoms with Gasteiger partial charge in [0.15, 0.2) is 5.75 Å². The summed E-state index contributed by atoms with van der Waals surface area (Å²) in [6.07, 6.45) is 0. The third-order valence-corrected chi connectivity index (χ3v) is 2.61. The summed E-state index contributed by atoms with van der Waals surface area (Å²) >= 11 is 1.70. The van der Waals surface area contributed by atoms with Gasteiger partial charge in [-0.2, -0.15) is 8.42 Å². The number of halogens is 1. The zero-order valence-electron chi connectivity index (χ0n) is 7.05. The molecule has 0 amide bonds. The molecule has 0 saturated heterocycles. The van der Waals surface area contributed by atoms with Crippen LogP contribution in [0.3, 0.4) is 0 Å². The van der Waals surface area contributed by atoms with Crippen LogP contribution in [-0.4, -0.2) is 24.0 Å². The topological polar surface area (TPSA) is 101 Å². The van der Waals surface area contributed by atoms with Gasteiger partial charge in [0, 0.05) is 0 Å². The van der Waals surface area contributed by atoms with E-state index in [1.54, 1.807) is 22.6 Å². The van der Waals surface area contributed by atoms with E-state index in [2.05, 4.69) is 4.18 Å². The highest BCUT2D eigenvalue weighted by atomic mass is 127. The Morgan fingerprint density at radius 3 is 2.47 bits per heavy atom. The number of para-hydroxylation sites is 1. The Morgan fingerprint density at radius 2 is 2.00 bits per heavy atom. The molecule has 1 rings (SSSR count). The van der Waals surface area contributed by atoms with Gasteiger partial charge in [-0.1, -0.05) is 6.07 Å². The van der Waals surface area contributed by atoms with Gasteiger partial charge in [-0.05, 0) is 34.7 Å². The molecule has 1 aromatic carbocycles. The van der Waals surface area contributed by atoms with Crippen molar-refractivity contribution < 1.29 is 27.1 Å². The number of rotatable bonds is 3. The van der Waals surface area contributed by atoms with Gasteiger partial charge in [-0.3, -0.25) is 4.55 Å². The van der Waals surface area contributed by atoms with E-state index in [1.807, 2.05) is 0 Å². The molecule has 8 heteroatoms. The molecule has 1 aromatic rings. The Labute approximate surface area is 99.0 Å². The zero-order valence-corrected chi connectivity index (χ0v) is 10.0. The fraction of sp³-hybridized carbons (Fsp3) is 0. The standard InChI is InChI=1S/C7H5IO6S/c8-5-3-1-2-4(7(9)10)6(5)14-15(11,12)13/h1-3H,(H,9,10)(H,11,12,13). The predicted molar refractivity (Wildman–Crippen MR) is 58.3 cm³/mol. The van der Waals surface area contributed by atoms with Crippen LogP contribution in [-0.2, 0) is 10.4 Å². The largest absolute Gasteiger partial charge is 0.478 e.